The van der Waals surface area contributed by atoms with Crippen molar-refractivity contribution >= 4 is 11.6 Å². The number of nitrogen functional groups attached to an aromatic ring is 1. The summed E-state index contributed by atoms with van der Waals surface area (Å²) in [5.41, 5.74) is 7.51. The number of nitrogens with one attached hydrogen (secondary N) is 1. The second-order valence-electron chi connectivity index (χ2n) is 4.69. The van der Waals surface area contributed by atoms with Crippen LogP contribution in [0.15, 0.2) is 0 Å². The summed E-state index contributed by atoms with van der Waals surface area (Å²) in [6.07, 6.45) is 0. The molecule has 0 saturated carbocycles. The molecule has 18 heavy (non-hydrogen) atoms. The van der Waals surface area contributed by atoms with Gasteiger partial charge in [0.1, 0.15) is 5.69 Å². The van der Waals surface area contributed by atoms with Crippen LogP contribution in [0.5, 0.6) is 0 Å². The van der Waals surface area contributed by atoms with E-state index in [0.717, 1.165) is 0 Å². The predicted molar refractivity (Wildman–Crippen MR) is 72.5 cm³/mol. The summed E-state index contributed by atoms with van der Waals surface area (Å²) in [6.45, 7) is 7.00. The van der Waals surface area contributed by atoms with E-state index in [-0.39, 0.29) is 11.9 Å². The van der Waals surface area contributed by atoms with Crippen molar-refractivity contribution in [2.45, 2.75) is 33.4 Å². The number of hydrogen-bond acceptors (Lipinski definition) is 4. The minimum absolute atomic E-state index is 0.163. The standard InChI is InChI=1S/C12H23N5O/c1-6-17-11(10(13)9(3)15-17)12(18)14-7-8(2)16(4)5/h8H,6-7,13H2,1-5H3,(H,14,18). The van der Waals surface area contributed by atoms with Crippen molar-refractivity contribution in [1.29, 1.82) is 0 Å². The fraction of sp³-hybridized carbons (Fsp3) is 0.667. The summed E-state index contributed by atoms with van der Waals surface area (Å²) in [7, 11) is 3.96. The van der Waals surface area contributed by atoms with Gasteiger partial charge in [0.25, 0.3) is 5.91 Å². The number of aromatic nitrogens is 2. The van der Waals surface area contributed by atoms with E-state index in [2.05, 4.69) is 10.4 Å². The second-order valence-corrected chi connectivity index (χ2v) is 4.69. The third-order valence-corrected chi connectivity index (χ3v) is 3.13. The summed E-state index contributed by atoms with van der Waals surface area (Å²) in [6, 6.07) is 0.272. The summed E-state index contributed by atoms with van der Waals surface area (Å²) >= 11 is 0. The highest BCUT2D eigenvalue weighted by Crippen LogP contribution is 2.16. The first-order valence-electron chi connectivity index (χ1n) is 6.16. The molecule has 0 fully saturated rings. The van der Waals surface area contributed by atoms with E-state index in [1.54, 1.807) is 11.6 Å². The number of anilines is 1. The first-order chi connectivity index (χ1) is 8.38. The van der Waals surface area contributed by atoms with Gasteiger partial charge in [-0.1, -0.05) is 0 Å². The SMILES string of the molecule is CCn1nc(C)c(N)c1C(=O)NCC(C)N(C)C. The van der Waals surface area contributed by atoms with Crippen molar-refractivity contribution in [2.75, 3.05) is 26.4 Å². The fourth-order valence-corrected chi connectivity index (χ4v) is 1.57. The van der Waals surface area contributed by atoms with Gasteiger partial charge in [0.05, 0.1) is 11.4 Å². The van der Waals surface area contributed by atoms with Crippen LogP contribution in [-0.4, -0.2) is 47.3 Å². The Hall–Kier alpha value is -1.56. The number of hydrogen-bond donors (Lipinski definition) is 2. The van der Waals surface area contributed by atoms with Gasteiger partial charge in [-0.25, -0.2) is 0 Å². The molecule has 0 aliphatic carbocycles. The molecular formula is C12H23N5O. The number of carbonyl (C=O) groups excluding carboxylic acids is 1. The van der Waals surface area contributed by atoms with Gasteiger partial charge in [0, 0.05) is 19.1 Å². The molecule has 1 aromatic rings. The Morgan fingerprint density at radius 2 is 2.17 bits per heavy atom. The Morgan fingerprint density at radius 1 is 1.56 bits per heavy atom. The van der Waals surface area contributed by atoms with Crippen molar-refractivity contribution in [2.24, 2.45) is 0 Å². The van der Waals surface area contributed by atoms with Crippen molar-refractivity contribution < 1.29 is 4.79 Å². The predicted octanol–water partition coefficient (Wildman–Crippen LogP) is 0.474. The van der Waals surface area contributed by atoms with E-state index in [0.29, 0.717) is 30.2 Å². The average Bonchev–Trinajstić information content (AvgIpc) is 2.61. The molecule has 1 amide bonds. The van der Waals surface area contributed by atoms with Crippen molar-refractivity contribution in [3.05, 3.63) is 11.4 Å². The van der Waals surface area contributed by atoms with Crippen LogP contribution in [0.25, 0.3) is 0 Å². The number of amides is 1. The molecule has 6 nitrogen and oxygen atoms in total. The Morgan fingerprint density at radius 3 is 2.67 bits per heavy atom. The maximum absolute atomic E-state index is 12.1. The topological polar surface area (TPSA) is 76.2 Å². The van der Waals surface area contributed by atoms with Gasteiger partial charge in [-0.15, -0.1) is 0 Å². The minimum atomic E-state index is -0.163. The molecule has 6 heteroatoms. The van der Waals surface area contributed by atoms with E-state index in [1.807, 2.05) is 32.8 Å². The highest BCUT2D eigenvalue weighted by molar-refractivity contribution is 5.97. The third-order valence-electron chi connectivity index (χ3n) is 3.13. The molecule has 0 aliphatic heterocycles. The molecule has 0 radical (unpaired) electrons. The van der Waals surface area contributed by atoms with E-state index < -0.39 is 0 Å². The van der Waals surface area contributed by atoms with Crippen LogP contribution in [0.1, 0.15) is 30.0 Å². The average molecular weight is 253 g/mol. The third kappa shape index (κ3) is 3.01. The van der Waals surface area contributed by atoms with Crippen LogP contribution in [0, 0.1) is 6.92 Å². The van der Waals surface area contributed by atoms with Crippen LogP contribution in [-0.2, 0) is 6.54 Å². The van der Waals surface area contributed by atoms with Crippen LogP contribution in [0.2, 0.25) is 0 Å². The summed E-state index contributed by atoms with van der Waals surface area (Å²) in [4.78, 5) is 14.2. The lowest BCUT2D eigenvalue weighted by Crippen LogP contribution is -2.39. The van der Waals surface area contributed by atoms with Crippen molar-refractivity contribution in [3.8, 4) is 0 Å². The first-order valence-corrected chi connectivity index (χ1v) is 6.16. The van der Waals surface area contributed by atoms with Gasteiger partial charge in [-0.05, 0) is 34.9 Å². The molecular weight excluding hydrogens is 230 g/mol. The molecule has 3 N–H and O–H groups in total. The smallest absolute Gasteiger partial charge is 0.271 e. The Balaban J connectivity index is 2.78. The van der Waals surface area contributed by atoms with Crippen LogP contribution in [0.4, 0.5) is 5.69 Å². The molecule has 1 heterocycles. The van der Waals surface area contributed by atoms with Crippen LogP contribution in [0.3, 0.4) is 0 Å². The van der Waals surface area contributed by atoms with E-state index in [4.69, 9.17) is 5.73 Å². The number of likely N-dealkylation sites (N-methyl/N-ethyl adjacent to an activating group) is 1. The number of nitrogens with zero attached hydrogens (tertiary/aromatic N) is 3. The highest BCUT2D eigenvalue weighted by Gasteiger charge is 2.19. The zero-order valence-corrected chi connectivity index (χ0v) is 11.8. The number of carbonyl (C=O) groups is 1. The van der Waals surface area contributed by atoms with Crippen LogP contribution >= 0.6 is 0 Å². The molecule has 1 aromatic heterocycles. The van der Waals surface area contributed by atoms with E-state index >= 15 is 0 Å². The van der Waals surface area contributed by atoms with E-state index in [1.165, 1.54) is 0 Å². The van der Waals surface area contributed by atoms with Gasteiger partial charge in [0.15, 0.2) is 0 Å². The Kier molecular flexibility index (Phi) is 4.72. The summed E-state index contributed by atoms with van der Waals surface area (Å²) in [5.74, 6) is -0.163. The molecule has 0 saturated heterocycles. The summed E-state index contributed by atoms with van der Waals surface area (Å²) in [5, 5.41) is 7.12. The quantitative estimate of drug-likeness (QED) is 0.800. The van der Waals surface area contributed by atoms with Gasteiger partial charge >= 0.3 is 0 Å². The Labute approximate surface area is 108 Å². The van der Waals surface area contributed by atoms with Gasteiger partial charge in [-0.2, -0.15) is 5.10 Å². The molecule has 102 valence electrons. The zero-order valence-electron chi connectivity index (χ0n) is 11.8. The molecule has 1 rings (SSSR count). The van der Waals surface area contributed by atoms with Crippen LogP contribution < -0.4 is 11.1 Å². The maximum atomic E-state index is 12.1. The molecule has 1 unspecified atom stereocenters. The number of aryl methyl sites for hydroxylation is 2. The molecule has 1 atom stereocenters. The fourth-order valence-electron chi connectivity index (χ4n) is 1.57. The lowest BCUT2D eigenvalue weighted by atomic mass is 10.2. The van der Waals surface area contributed by atoms with Gasteiger partial charge in [0.2, 0.25) is 0 Å². The first kappa shape index (κ1) is 14.5. The number of rotatable bonds is 5. The number of nitrogens with two attached hydrogens (primary N) is 1. The Bertz CT molecular complexity index is 424. The maximum Gasteiger partial charge on any atom is 0.271 e. The summed E-state index contributed by atoms with van der Waals surface area (Å²) < 4.78 is 1.64. The van der Waals surface area contributed by atoms with Gasteiger partial charge in [-0.3, -0.25) is 9.48 Å². The largest absolute Gasteiger partial charge is 0.395 e. The second kappa shape index (κ2) is 5.86. The lowest BCUT2D eigenvalue weighted by Gasteiger charge is -2.20. The monoisotopic (exact) mass is 253 g/mol. The molecule has 0 bridgehead atoms. The van der Waals surface area contributed by atoms with E-state index in [9.17, 15) is 4.79 Å². The molecule has 0 spiro atoms. The van der Waals surface area contributed by atoms with Crippen molar-refractivity contribution in [3.63, 3.8) is 0 Å². The minimum Gasteiger partial charge on any atom is -0.395 e. The van der Waals surface area contributed by atoms with Gasteiger partial charge < -0.3 is 16.0 Å². The molecule has 0 aliphatic rings. The van der Waals surface area contributed by atoms with Crippen molar-refractivity contribution in [1.82, 2.24) is 20.0 Å². The zero-order chi connectivity index (χ0) is 13.9. The normalized spacial score (nSPS) is 12.8. The lowest BCUT2D eigenvalue weighted by molar-refractivity contribution is 0.0934. The molecule has 0 aromatic carbocycles. The highest BCUT2D eigenvalue weighted by atomic mass is 16.2.